The van der Waals surface area contributed by atoms with E-state index in [0.717, 1.165) is 0 Å². The Morgan fingerprint density at radius 3 is 3.00 bits per heavy atom. The predicted molar refractivity (Wildman–Crippen MR) is 42.9 cm³/mol. The van der Waals surface area contributed by atoms with Crippen molar-refractivity contribution in [1.82, 2.24) is 9.97 Å². The van der Waals surface area contributed by atoms with Crippen LogP contribution in [-0.2, 0) is 0 Å². The molecule has 4 nitrogen and oxygen atoms in total. The number of nitrogens with zero attached hydrogens (tertiary/aromatic N) is 3. The molecule has 0 N–H and O–H groups in total. The average molecular weight is 184 g/mol. The molecule has 1 aromatic heterocycles. The van der Waals surface area contributed by atoms with Crippen molar-refractivity contribution < 1.29 is 4.74 Å². The fraction of sp³-hybridized carbons (Fsp3) is 0.286. The van der Waals surface area contributed by atoms with Gasteiger partial charge in [0, 0.05) is 6.07 Å². The normalized spacial score (nSPS) is 9.08. The second-order valence-electron chi connectivity index (χ2n) is 1.91. The molecule has 0 aliphatic rings. The molecule has 0 aliphatic heterocycles. The largest absolute Gasteiger partial charge is 0.478 e. The summed E-state index contributed by atoms with van der Waals surface area (Å²) in [5, 5.41) is 8.53. The first-order chi connectivity index (χ1) is 5.76. The lowest BCUT2D eigenvalue weighted by molar-refractivity contribution is 0.326. The highest BCUT2D eigenvalue weighted by atomic mass is 35.5. The number of hydrogen-bond donors (Lipinski definition) is 0. The van der Waals surface area contributed by atoms with Crippen molar-refractivity contribution in [3.8, 4) is 11.9 Å². The van der Waals surface area contributed by atoms with E-state index in [4.69, 9.17) is 21.6 Å². The standard InChI is InChI=1S/C7H6ClN3O/c1-2-12-6-3-5(4-9)10-7(8)11-6/h3H,2H2,1H3. The summed E-state index contributed by atoms with van der Waals surface area (Å²) >= 11 is 5.51. The molecule has 0 aromatic carbocycles. The van der Waals surface area contributed by atoms with Gasteiger partial charge in [0.2, 0.25) is 11.2 Å². The second kappa shape index (κ2) is 3.88. The Morgan fingerprint density at radius 2 is 2.42 bits per heavy atom. The van der Waals surface area contributed by atoms with Crippen molar-refractivity contribution in [1.29, 1.82) is 5.26 Å². The summed E-state index contributed by atoms with van der Waals surface area (Å²) in [4.78, 5) is 7.40. The molecule has 0 radical (unpaired) electrons. The van der Waals surface area contributed by atoms with Gasteiger partial charge in [0.1, 0.15) is 11.8 Å². The van der Waals surface area contributed by atoms with Gasteiger partial charge in [0.05, 0.1) is 6.61 Å². The molecule has 0 unspecified atom stereocenters. The maximum absolute atomic E-state index is 8.50. The molecular formula is C7H6ClN3O. The van der Waals surface area contributed by atoms with Gasteiger partial charge in [0.25, 0.3) is 0 Å². The molecule has 0 aliphatic carbocycles. The maximum atomic E-state index is 8.50. The Hall–Kier alpha value is -1.34. The van der Waals surface area contributed by atoms with E-state index in [0.29, 0.717) is 12.5 Å². The highest BCUT2D eigenvalue weighted by Gasteiger charge is 2.01. The third-order valence-corrected chi connectivity index (χ3v) is 1.25. The van der Waals surface area contributed by atoms with Crippen LogP contribution in [-0.4, -0.2) is 16.6 Å². The van der Waals surface area contributed by atoms with Crippen LogP contribution in [0, 0.1) is 11.3 Å². The predicted octanol–water partition coefficient (Wildman–Crippen LogP) is 1.40. The molecule has 62 valence electrons. The number of hydrogen-bond acceptors (Lipinski definition) is 4. The third-order valence-electron chi connectivity index (χ3n) is 1.08. The Morgan fingerprint density at radius 1 is 1.67 bits per heavy atom. The van der Waals surface area contributed by atoms with Crippen LogP contribution < -0.4 is 4.74 Å². The van der Waals surface area contributed by atoms with Crippen LogP contribution in [0.3, 0.4) is 0 Å². The van der Waals surface area contributed by atoms with Crippen LogP contribution in [0.1, 0.15) is 12.6 Å². The first kappa shape index (κ1) is 8.75. The zero-order chi connectivity index (χ0) is 8.97. The van der Waals surface area contributed by atoms with Gasteiger partial charge in [-0.3, -0.25) is 0 Å². The first-order valence-corrected chi connectivity index (χ1v) is 3.71. The van der Waals surface area contributed by atoms with Crippen LogP contribution in [0.5, 0.6) is 5.88 Å². The molecule has 1 rings (SSSR count). The monoisotopic (exact) mass is 183 g/mol. The average Bonchev–Trinajstić information content (AvgIpc) is 2.04. The Labute approximate surface area is 74.8 Å². The topological polar surface area (TPSA) is 58.8 Å². The highest BCUT2D eigenvalue weighted by Crippen LogP contribution is 2.11. The van der Waals surface area contributed by atoms with E-state index >= 15 is 0 Å². The van der Waals surface area contributed by atoms with Crippen molar-refractivity contribution in [2.24, 2.45) is 0 Å². The minimum Gasteiger partial charge on any atom is -0.478 e. The van der Waals surface area contributed by atoms with E-state index < -0.39 is 0 Å². The summed E-state index contributed by atoms with van der Waals surface area (Å²) in [6, 6.07) is 3.29. The fourth-order valence-electron chi connectivity index (χ4n) is 0.676. The molecule has 1 heterocycles. The lowest BCUT2D eigenvalue weighted by Gasteiger charge is -2.00. The summed E-state index contributed by atoms with van der Waals surface area (Å²) in [6.45, 7) is 2.31. The Bertz CT molecular complexity index is 321. The molecule has 1 aromatic rings. The van der Waals surface area contributed by atoms with Crippen LogP contribution in [0.15, 0.2) is 6.07 Å². The zero-order valence-corrected chi connectivity index (χ0v) is 7.17. The summed E-state index contributed by atoms with van der Waals surface area (Å²) in [7, 11) is 0. The van der Waals surface area contributed by atoms with Gasteiger partial charge in [-0.2, -0.15) is 10.2 Å². The van der Waals surface area contributed by atoms with Crippen molar-refractivity contribution in [3.63, 3.8) is 0 Å². The molecule has 5 heteroatoms. The van der Waals surface area contributed by atoms with Gasteiger partial charge in [-0.25, -0.2) is 4.98 Å². The molecule has 0 bridgehead atoms. The van der Waals surface area contributed by atoms with Crippen LogP contribution in [0.25, 0.3) is 0 Å². The van der Waals surface area contributed by atoms with Gasteiger partial charge in [-0.05, 0) is 18.5 Å². The van der Waals surface area contributed by atoms with E-state index in [1.807, 2.05) is 13.0 Å². The van der Waals surface area contributed by atoms with E-state index in [2.05, 4.69) is 9.97 Å². The van der Waals surface area contributed by atoms with E-state index in [1.54, 1.807) is 0 Å². The van der Waals surface area contributed by atoms with E-state index in [-0.39, 0.29) is 11.0 Å². The summed E-state index contributed by atoms with van der Waals surface area (Å²) < 4.78 is 5.04. The molecule has 0 saturated carbocycles. The van der Waals surface area contributed by atoms with E-state index in [9.17, 15) is 0 Å². The molecule has 0 fully saturated rings. The highest BCUT2D eigenvalue weighted by molar-refractivity contribution is 6.28. The van der Waals surface area contributed by atoms with Crippen LogP contribution in [0.2, 0.25) is 5.28 Å². The number of nitriles is 1. The Kier molecular flexibility index (Phi) is 2.83. The maximum Gasteiger partial charge on any atom is 0.226 e. The minimum atomic E-state index is 0.0255. The van der Waals surface area contributed by atoms with Gasteiger partial charge in [0.15, 0.2) is 0 Å². The fourth-order valence-corrected chi connectivity index (χ4v) is 0.850. The van der Waals surface area contributed by atoms with Gasteiger partial charge < -0.3 is 4.74 Å². The molecule has 0 spiro atoms. The molecule has 12 heavy (non-hydrogen) atoms. The van der Waals surface area contributed by atoms with Gasteiger partial charge in [-0.15, -0.1) is 0 Å². The third kappa shape index (κ3) is 2.07. The van der Waals surface area contributed by atoms with Crippen molar-refractivity contribution in [2.75, 3.05) is 6.61 Å². The van der Waals surface area contributed by atoms with E-state index in [1.165, 1.54) is 6.07 Å². The zero-order valence-electron chi connectivity index (χ0n) is 6.41. The number of rotatable bonds is 2. The van der Waals surface area contributed by atoms with Gasteiger partial charge >= 0.3 is 0 Å². The SMILES string of the molecule is CCOc1cc(C#N)nc(Cl)n1. The van der Waals surface area contributed by atoms with Crippen molar-refractivity contribution >= 4 is 11.6 Å². The van der Waals surface area contributed by atoms with Crippen molar-refractivity contribution in [3.05, 3.63) is 17.0 Å². The summed E-state index contributed by atoms with van der Waals surface area (Å²) in [5.74, 6) is 0.328. The Balaban J connectivity index is 3.00. The molecule has 0 amide bonds. The number of ether oxygens (including phenoxy) is 1. The summed E-state index contributed by atoms with van der Waals surface area (Å²) in [6.07, 6.45) is 0. The lowest BCUT2D eigenvalue weighted by atomic mass is 10.4. The van der Waals surface area contributed by atoms with Crippen molar-refractivity contribution in [2.45, 2.75) is 6.92 Å². The summed E-state index contributed by atoms with van der Waals surface area (Å²) in [5.41, 5.74) is 0.207. The molecular weight excluding hydrogens is 178 g/mol. The quantitative estimate of drug-likeness (QED) is 0.651. The second-order valence-corrected chi connectivity index (χ2v) is 2.24. The molecule has 0 atom stereocenters. The smallest absolute Gasteiger partial charge is 0.226 e. The minimum absolute atomic E-state index is 0.0255. The van der Waals surface area contributed by atoms with Crippen LogP contribution >= 0.6 is 11.6 Å². The number of aromatic nitrogens is 2. The lowest BCUT2D eigenvalue weighted by Crippen LogP contribution is -1.97. The first-order valence-electron chi connectivity index (χ1n) is 3.33. The molecule has 0 saturated heterocycles. The number of halogens is 1. The van der Waals surface area contributed by atoms with Crippen LogP contribution in [0.4, 0.5) is 0 Å². The van der Waals surface area contributed by atoms with Gasteiger partial charge in [-0.1, -0.05) is 0 Å².